The lowest BCUT2D eigenvalue weighted by molar-refractivity contribution is 0.236. The van der Waals surface area contributed by atoms with E-state index >= 15 is 0 Å². The maximum Gasteiger partial charge on any atom is 0.315 e. The van der Waals surface area contributed by atoms with Crippen LogP contribution in [0.1, 0.15) is 23.6 Å². The van der Waals surface area contributed by atoms with E-state index in [0.29, 0.717) is 6.54 Å². The number of hydrogen-bond acceptors (Lipinski definition) is 3. The fourth-order valence-electron chi connectivity index (χ4n) is 2.38. The molecule has 0 spiro atoms. The first kappa shape index (κ1) is 13.9. The minimum absolute atomic E-state index is 0.0971. The van der Waals surface area contributed by atoms with Crippen molar-refractivity contribution in [2.24, 2.45) is 0 Å². The molecular formula is C16H17N3OS. The number of carbonyl (C=O) groups is 1. The zero-order valence-electron chi connectivity index (χ0n) is 11.6. The Labute approximate surface area is 128 Å². The predicted molar refractivity (Wildman–Crippen MR) is 84.1 cm³/mol. The van der Waals surface area contributed by atoms with Gasteiger partial charge in [-0.1, -0.05) is 18.2 Å². The smallest absolute Gasteiger partial charge is 0.315 e. The van der Waals surface area contributed by atoms with E-state index in [1.54, 1.807) is 12.4 Å². The minimum atomic E-state index is -0.126. The van der Waals surface area contributed by atoms with Crippen molar-refractivity contribution in [2.45, 2.75) is 23.9 Å². The lowest BCUT2D eigenvalue weighted by Crippen LogP contribution is -2.38. The van der Waals surface area contributed by atoms with Crippen molar-refractivity contribution < 1.29 is 4.79 Å². The van der Waals surface area contributed by atoms with E-state index in [-0.39, 0.29) is 12.1 Å². The van der Waals surface area contributed by atoms with Gasteiger partial charge in [0.1, 0.15) is 0 Å². The van der Waals surface area contributed by atoms with Gasteiger partial charge in [-0.2, -0.15) is 0 Å². The monoisotopic (exact) mass is 299 g/mol. The summed E-state index contributed by atoms with van der Waals surface area (Å²) >= 11 is 1.85. The summed E-state index contributed by atoms with van der Waals surface area (Å²) in [6.45, 7) is 0.511. The third-order valence-electron chi connectivity index (χ3n) is 3.47. The van der Waals surface area contributed by atoms with E-state index < -0.39 is 0 Å². The quantitative estimate of drug-likeness (QED) is 0.915. The molecule has 0 saturated heterocycles. The average molecular weight is 299 g/mol. The normalized spacial score (nSPS) is 16.9. The second-order valence-electron chi connectivity index (χ2n) is 4.91. The van der Waals surface area contributed by atoms with Gasteiger partial charge in [-0.15, -0.1) is 11.8 Å². The van der Waals surface area contributed by atoms with Crippen LogP contribution in [0.2, 0.25) is 0 Å². The summed E-state index contributed by atoms with van der Waals surface area (Å²) in [4.78, 5) is 17.3. The molecule has 0 saturated carbocycles. The number of benzene rings is 1. The molecule has 21 heavy (non-hydrogen) atoms. The zero-order valence-corrected chi connectivity index (χ0v) is 12.4. The Balaban J connectivity index is 1.58. The number of rotatable bonds is 3. The highest BCUT2D eigenvalue weighted by Crippen LogP contribution is 2.35. The van der Waals surface area contributed by atoms with Crippen LogP contribution in [0.15, 0.2) is 53.7 Å². The first-order chi connectivity index (χ1) is 10.3. The van der Waals surface area contributed by atoms with Crippen LogP contribution in [0.4, 0.5) is 4.79 Å². The van der Waals surface area contributed by atoms with Gasteiger partial charge in [0.25, 0.3) is 0 Å². The van der Waals surface area contributed by atoms with Crippen LogP contribution in [0.3, 0.4) is 0 Å². The van der Waals surface area contributed by atoms with Gasteiger partial charge in [0.05, 0.1) is 6.04 Å². The molecule has 1 atom stereocenters. The number of fused-ring (bicyclic) bond motifs is 1. The highest BCUT2D eigenvalue weighted by atomic mass is 32.2. The number of amides is 2. The topological polar surface area (TPSA) is 54.0 Å². The lowest BCUT2D eigenvalue weighted by atomic mass is 10.0. The van der Waals surface area contributed by atoms with Crippen LogP contribution >= 0.6 is 11.8 Å². The van der Waals surface area contributed by atoms with Gasteiger partial charge in [0, 0.05) is 29.6 Å². The van der Waals surface area contributed by atoms with Crippen LogP contribution in [0.5, 0.6) is 0 Å². The Kier molecular flexibility index (Phi) is 4.40. The summed E-state index contributed by atoms with van der Waals surface area (Å²) in [7, 11) is 0. The molecule has 2 amide bonds. The predicted octanol–water partition coefficient (Wildman–Crippen LogP) is 3.12. The van der Waals surface area contributed by atoms with E-state index in [0.717, 1.165) is 17.7 Å². The van der Waals surface area contributed by atoms with Gasteiger partial charge in [-0.05, 0) is 35.7 Å². The first-order valence-electron chi connectivity index (χ1n) is 6.98. The molecule has 1 aromatic heterocycles. The summed E-state index contributed by atoms with van der Waals surface area (Å²) in [6, 6.07) is 12.0. The number of urea groups is 1. The maximum atomic E-state index is 12.0. The van der Waals surface area contributed by atoms with Gasteiger partial charge in [0.15, 0.2) is 0 Å². The van der Waals surface area contributed by atoms with Crippen molar-refractivity contribution in [1.82, 2.24) is 15.6 Å². The molecular weight excluding hydrogens is 282 g/mol. The molecule has 0 fully saturated rings. The first-order valence-corrected chi connectivity index (χ1v) is 7.96. The van der Waals surface area contributed by atoms with Crippen molar-refractivity contribution >= 4 is 17.8 Å². The van der Waals surface area contributed by atoms with Crippen molar-refractivity contribution in [1.29, 1.82) is 0 Å². The zero-order chi connectivity index (χ0) is 14.5. The summed E-state index contributed by atoms with van der Waals surface area (Å²) in [5.74, 6) is 1.03. The number of thioether (sulfide) groups is 1. The Morgan fingerprint density at radius 3 is 2.90 bits per heavy atom. The number of nitrogens with one attached hydrogen (secondary N) is 2. The SMILES string of the molecule is O=C(NCc1ccncc1)N[C@H]1CCSc2ccccc21. The largest absolute Gasteiger partial charge is 0.334 e. The number of pyridine rings is 1. The number of aromatic nitrogens is 1. The molecule has 3 rings (SSSR count). The van der Waals surface area contributed by atoms with E-state index in [1.165, 1.54) is 10.5 Å². The van der Waals surface area contributed by atoms with Gasteiger partial charge in [-0.3, -0.25) is 4.98 Å². The molecule has 0 aliphatic carbocycles. The van der Waals surface area contributed by atoms with Gasteiger partial charge < -0.3 is 10.6 Å². The molecule has 0 radical (unpaired) electrons. The number of carbonyl (C=O) groups excluding carboxylic acids is 1. The van der Waals surface area contributed by atoms with E-state index in [2.05, 4.69) is 27.8 Å². The van der Waals surface area contributed by atoms with Crippen molar-refractivity contribution in [3.63, 3.8) is 0 Å². The van der Waals surface area contributed by atoms with Crippen LogP contribution in [0, 0.1) is 0 Å². The molecule has 1 aliphatic rings. The van der Waals surface area contributed by atoms with Gasteiger partial charge >= 0.3 is 6.03 Å². The average Bonchev–Trinajstić information content (AvgIpc) is 2.54. The number of nitrogens with zero attached hydrogens (tertiary/aromatic N) is 1. The fourth-order valence-corrected chi connectivity index (χ4v) is 3.51. The molecule has 0 unspecified atom stereocenters. The minimum Gasteiger partial charge on any atom is -0.334 e. The maximum absolute atomic E-state index is 12.0. The third-order valence-corrected chi connectivity index (χ3v) is 4.59. The Morgan fingerprint density at radius 2 is 2.05 bits per heavy atom. The van der Waals surface area contributed by atoms with E-state index in [4.69, 9.17) is 0 Å². The Morgan fingerprint density at radius 1 is 1.24 bits per heavy atom. The third kappa shape index (κ3) is 3.55. The van der Waals surface area contributed by atoms with Crippen molar-refractivity contribution in [3.05, 3.63) is 59.9 Å². The highest BCUT2D eigenvalue weighted by molar-refractivity contribution is 7.99. The van der Waals surface area contributed by atoms with Crippen molar-refractivity contribution in [3.8, 4) is 0 Å². The Hall–Kier alpha value is -2.01. The highest BCUT2D eigenvalue weighted by Gasteiger charge is 2.21. The van der Waals surface area contributed by atoms with Crippen LogP contribution in [-0.2, 0) is 6.54 Å². The standard InChI is InChI=1S/C16H17N3OS/c20-16(18-11-12-5-8-17-9-6-12)19-14-7-10-21-15-4-2-1-3-13(14)15/h1-6,8-9,14H,7,10-11H2,(H2,18,19,20)/t14-/m0/s1. The molecule has 5 heteroatoms. The summed E-state index contributed by atoms with van der Waals surface area (Å²) < 4.78 is 0. The summed E-state index contributed by atoms with van der Waals surface area (Å²) in [6.07, 6.45) is 4.41. The molecule has 1 aromatic carbocycles. The molecule has 2 aromatic rings. The molecule has 0 bridgehead atoms. The summed E-state index contributed by atoms with van der Waals surface area (Å²) in [5, 5.41) is 5.96. The summed E-state index contributed by atoms with van der Waals surface area (Å²) in [5.41, 5.74) is 2.26. The van der Waals surface area contributed by atoms with Crippen molar-refractivity contribution in [2.75, 3.05) is 5.75 Å². The number of hydrogen-bond donors (Lipinski definition) is 2. The lowest BCUT2D eigenvalue weighted by Gasteiger charge is -2.25. The van der Waals surface area contributed by atoms with E-state index in [9.17, 15) is 4.79 Å². The van der Waals surface area contributed by atoms with Crippen LogP contribution in [-0.4, -0.2) is 16.8 Å². The fraction of sp³-hybridized carbons (Fsp3) is 0.250. The molecule has 2 N–H and O–H groups in total. The molecule has 108 valence electrons. The Bertz CT molecular complexity index is 618. The molecule has 4 nitrogen and oxygen atoms in total. The second-order valence-corrected chi connectivity index (χ2v) is 6.05. The van der Waals surface area contributed by atoms with Crippen LogP contribution < -0.4 is 10.6 Å². The van der Waals surface area contributed by atoms with Crippen LogP contribution in [0.25, 0.3) is 0 Å². The molecule has 2 heterocycles. The van der Waals surface area contributed by atoms with Gasteiger partial charge in [-0.25, -0.2) is 4.79 Å². The van der Waals surface area contributed by atoms with E-state index in [1.807, 2.05) is 36.0 Å². The molecule has 1 aliphatic heterocycles. The second kappa shape index (κ2) is 6.63. The van der Waals surface area contributed by atoms with Gasteiger partial charge in [0.2, 0.25) is 0 Å².